The van der Waals surface area contributed by atoms with Crippen LogP contribution in [0.4, 0.5) is 5.69 Å². The van der Waals surface area contributed by atoms with Crippen molar-refractivity contribution in [3.8, 4) is 5.75 Å². The minimum Gasteiger partial charge on any atom is -0.497 e. The molecule has 0 fully saturated rings. The first-order valence-corrected chi connectivity index (χ1v) is 6.24. The van der Waals surface area contributed by atoms with Crippen LogP contribution < -0.4 is 10.1 Å². The monoisotopic (exact) mass is 289 g/mol. The van der Waals surface area contributed by atoms with Crippen molar-refractivity contribution in [1.82, 2.24) is 9.78 Å². The molecule has 7 nitrogen and oxygen atoms in total. The molecule has 1 atom stereocenters. The molecule has 1 unspecified atom stereocenters. The van der Waals surface area contributed by atoms with Gasteiger partial charge < -0.3 is 15.2 Å². The molecule has 0 saturated carbocycles. The predicted octanol–water partition coefficient (Wildman–Crippen LogP) is 1.79. The van der Waals surface area contributed by atoms with Crippen molar-refractivity contribution in [2.45, 2.75) is 13.0 Å². The van der Waals surface area contributed by atoms with Crippen molar-refractivity contribution in [2.75, 3.05) is 12.4 Å². The van der Waals surface area contributed by atoms with Crippen molar-refractivity contribution in [2.24, 2.45) is 0 Å². The van der Waals surface area contributed by atoms with E-state index in [1.54, 1.807) is 31.4 Å². The number of amides is 1. The van der Waals surface area contributed by atoms with Crippen molar-refractivity contribution in [1.29, 1.82) is 0 Å². The summed E-state index contributed by atoms with van der Waals surface area (Å²) < 4.78 is 6.20. The van der Waals surface area contributed by atoms with E-state index in [0.717, 1.165) is 0 Å². The minimum atomic E-state index is -1.06. The third kappa shape index (κ3) is 3.19. The van der Waals surface area contributed by atoms with Crippen molar-refractivity contribution >= 4 is 17.6 Å². The number of anilines is 1. The molecule has 0 aliphatic carbocycles. The number of rotatable bonds is 5. The summed E-state index contributed by atoms with van der Waals surface area (Å²) in [6, 6.07) is 7.37. The molecule has 21 heavy (non-hydrogen) atoms. The molecule has 1 amide bonds. The topological polar surface area (TPSA) is 93.5 Å². The highest BCUT2D eigenvalue weighted by Gasteiger charge is 2.20. The van der Waals surface area contributed by atoms with Gasteiger partial charge in [-0.3, -0.25) is 4.79 Å². The van der Waals surface area contributed by atoms with Gasteiger partial charge in [0.25, 0.3) is 5.91 Å². The number of nitrogens with one attached hydrogen (secondary N) is 1. The summed E-state index contributed by atoms with van der Waals surface area (Å²) >= 11 is 0. The van der Waals surface area contributed by atoms with E-state index < -0.39 is 17.9 Å². The molecule has 1 heterocycles. The zero-order valence-corrected chi connectivity index (χ0v) is 11.6. The Morgan fingerprint density at radius 3 is 2.52 bits per heavy atom. The van der Waals surface area contributed by atoms with Gasteiger partial charge in [0.05, 0.1) is 7.11 Å². The number of carboxylic acid groups (broad SMARTS) is 1. The smallest absolute Gasteiger partial charge is 0.328 e. The Balaban J connectivity index is 2.17. The van der Waals surface area contributed by atoms with E-state index in [0.29, 0.717) is 11.4 Å². The second-order valence-electron chi connectivity index (χ2n) is 4.36. The Hall–Kier alpha value is -2.83. The maximum Gasteiger partial charge on any atom is 0.328 e. The lowest BCUT2D eigenvalue weighted by atomic mass is 10.2. The Morgan fingerprint density at radius 2 is 1.95 bits per heavy atom. The second-order valence-corrected chi connectivity index (χ2v) is 4.36. The van der Waals surface area contributed by atoms with Gasteiger partial charge in [-0.15, -0.1) is 0 Å². The van der Waals surface area contributed by atoms with E-state index in [-0.39, 0.29) is 5.69 Å². The van der Waals surface area contributed by atoms with Gasteiger partial charge in [0.15, 0.2) is 0 Å². The van der Waals surface area contributed by atoms with Gasteiger partial charge >= 0.3 is 5.97 Å². The van der Waals surface area contributed by atoms with E-state index >= 15 is 0 Å². The first-order chi connectivity index (χ1) is 10.0. The van der Waals surface area contributed by atoms with Gasteiger partial charge in [-0.1, -0.05) is 0 Å². The zero-order chi connectivity index (χ0) is 15.4. The fraction of sp³-hybridized carbons (Fsp3) is 0.214. The largest absolute Gasteiger partial charge is 0.497 e. The van der Waals surface area contributed by atoms with Gasteiger partial charge in [0.2, 0.25) is 0 Å². The summed E-state index contributed by atoms with van der Waals surface area (Å²) in [5.41, 5.74) is 0.761. The van der Waals surface area contributed by atoms with Gasteiger partial charge in [-0.05, 0) is 37.3 Å². The van der Waals surface area contributed by atoms with E-state index in [1.807, 2.05) is 0 Å². The summed E-state index contributed by atoms with van der Waals surface area (Å²) in [6.07, 6.45) is 1.39. The molecule has 0 aliphatic heterocycles. The second kappa shape index (κ2) is 6.08. The first kappa shape index (κ1) is 14.6. The van der Waals surface area contributed by atoms with Crippen molar-refractivity contribution < 1.29 is 19.4 Å². The quantitative estimate of drug-likeness (QED) is 0.875. The van der Waals surface area contributed by atoms with Crippen molar-refractivity contribution in [3.05, 3.63) is 42.2 Å². The molecule has 0 bridgehead atoms. The average molecular weight is 289 g/mol. The van der Waals surface area contributed by atoms with Crippen LogP contribution in [-0.4, -0.2) is 33.9 Å². The van der Waals surface area contributed by atoms with Crippen LogP contribution in [0.3, 0.4) is 0 Å². The van der Waals surface area contributed by atoms with Gasteiger partial charge in [-0.2, -0.15) is 5.10 Å². The highest BCUT2D eigenvalue weighted by Crippen LogP contribution is 2.17. The molecule has 1 aromatic carbocycles. The molecule has 0 spiro atoms. The van der Waals surface area contributed by atoms with Crippen molar-refractivity contribution in [3.63, 3.8) is 0 Å². The van der Waals surface area contributed by atoms with Gasteiger partial charge in [0, 0.05) is 11.9 Å². The minimum absolute atomic E-state index is 0.181. The molecule has 2 rings (SSSR count). The Bertz CT molecular complexity index is 648. The average Bonchev–Trinajstić information content (AvgIpc) is 2.96. The summed E-state index contributed by atoms with van der Waals surface area (Å²) in [4.78, 5) is 23.2. The van der Waals surface area contributed by atoms with Crippen LogP contribution in [0.2, 0.25) is 0 Å². The number of hydrogen-bond acceptors (Lipinski definition) is 4. The summed E-state index contributed by atoms with van der Waals surface area (Å²) in [6.45, 7) is 1.46. The molecule has 0 radical (unpaired) electrons. The number of carbonyl (C=O) groups excluding carboxylic acids is 1. The third-order valence-electron chi connectivity index (χ3n) is 2.98. The number of benzene rings is 1. The standard InChI is InChI=1S/C14H15N3O4/c1-9(14(19)20)17-12(7-8-15-17)13(18)16-10-3-5-11(21-2)6-4-10/h3-9H,1-2H3,(H,16,18)(H,19,20). The predicted molar refractivity (Wildman–Crippen MR) is 75.5 cm³/mol. The fourth-order valence-electron chi connectivity index (χ4n) is 1.78. The Labute approximate surface area is 121 Å². The van der Waals surface area contributed by atoms with E-state index in [1.165, 1.54) is 23.9 Å². The van der Waals surface area contributed by atoms with Crippen LogP contribution in [0.25, 0.3) is 0 Å². The molecular formula is C14H15N3O4. The van der Waals surface area contributed by atoms with E-state index in [2.05, 4.69) is 10.4 Å². The highest BCUT2D eigenvalue weighted by atomic mass is 16.5. The maximum absolute atomic E-state index is 12.2. The molecular weight excluding hydrogens is 274 g/mol. The number of aliphatic carboxylic acids is 1. The first-order valence-electron chi connectivity index (χ1n) is 6.24. The number of ether oxygens (including phenoxy) is 1. The Kier molecular flexibility index (Phi) is 4.22. The van der Waals surface area contributed by atoms with Crippen LogP contribution in [0.1, 0.15) is 23.5 Å². The molecule has 1 aromatic heterocycles. The van der Waals surface area contributed by atoms with E-state index in [4.69, 9.17) is 9.84 Å². The molecule has 2 aromatic rings. The van der Waals surface area contributed by atoms with Crippen LogP contribution in [0, 0.1) is 0 Å². The summed E-state index contributed by atoms with van der Waals surface area (Å²) in [5.74, 6) is -0.805. The highest BCUT2D eigenvalue weighted by molar-refractivity contribution is 6.03. The number of hydrogen-bond donors (Lipinski definition) is 2. The molecule has 0 saturated heterocycles. The number of methoxy groups -OCH3 is 1. The summed E-state index contributed by atoms with van der Waals surface area (Å²) in [5, 5.41) is 15.6. The normalized spacial score (nSPS) is 11.7. The molecule has 2 N–H and O–H groups in total. The number of carbonyl (C=O) groups is 2. The van der Waals surface area contributed by atoms with Crippen LogP contribution in [0.15, 0.2) is 36.5 Å². The SMILES string of the molecule is COc1ccc(NC(=O)c2ccnn2C(C)C(=O)O)cc1. The molecule has 110 valence electrons. The maximum atomic E-state index is 12.2. The lowest BCUT2D eigenvalue weighted by Crippen LogP contribution is -2.24. The molecule has 0 aliphatic rings. The van der Waals surface area contributed by atoms with Crippen LogP contribution in [0.5, 0.6) is 5.75 Å². The zero-order valence-electron chi connectivity index (χ0n) is 11.6. The molecule has 7 heteroatoms. The lowest BCUT2D eigenvalue weighted by molar-refractivity contribution is -0.140. The number of nitrogens with zero attached hydrogens (tertiary/aromatic N) is 2. The Morgan fingerprint density at radius 1 is 1.29 bits per heavy atom. The lowest BCUT2D eigenvalue weighted by Gasteiger charge is -2.11. The van der Waals surface area contributed by atoms with Gasteiger partial charge in [-0.25, -0.2) is 9.48 Å². The van der Waals surface area contributed by atoms with Gasteiger partial charge in [0.1, 0.15) is 17.5 Å². The van der Waals surface area contributed by atoms with Crippen LogP contribution >= 0.6 is 0 Å². The number of aromatic nitrogens is 2. The summed E-state index contributed by atoms with van der Waals surface area (Å²) in [7, 11) is 1.55. The van der Waals surface area contributed by atoms with Crippen LogP contribution in [-0.2, 0) is 4.79 Å². The van der Waals surface area contributed by atoms with E-state index in [9.17, 15) is 9.59 Å². The number of carboxylic acids is 1. The fourth-order valence-corrected chi connectivity index (χ4v) is 1.78. The third-order valence-corrected chi connectivity index (χ3v) is 2.98.